The molecule has 0 radical (unpaired) electrons. The number of allylic oxidation sites excluding steroid dienone is 1. The van der Waals surface area contributed by atoms with Gasteiger partial charge in [0.25, 0.3) is 0 Å². The zero-order chi connectivity index (χ0) is 9.47. The van der Waals surface area contributed by atoms with Crippen LogP contribution in [-0.4, -0.2) is 25.8 Å². The van der Waals surface area contributed by atoms with Crippen molar-refractivity contribution in [2.45, 2.75) is 11.0 Å². The monoisotopic (exact) mass is 218 g/mol. The zero-order valence-electron chi connectivity index (χ0n) is 6.88. The molecule has 0 saturated carbocycles. The van der Waals surface area contributed by atoms with Crippen molar-refractivity contribution in [2.75, 3.05) is 6.54 Å². The average Bonchev–Trinajstić information content (AvgIpc) is 2.45. The second-order valence-corrected chi connectivity index (χ2v) is 6.47. The molecule has 1 saturated heterocycles. The Bertz CT molecular complexity index is 372. The molecule has 0 amide bonds. The van der Waals surface area contributed by atoms with E-state index in [2.05, 4.69) is 4.99 Å². The topological polar surface area (TPSA) is 72.5 Å². The smallest absolute Gasteiger partial charge is 0.221 e. The highest BCUT2D eigenvalue weighted by Gasteiger charge is 2.36. The highest BCUT2D eigenvalue weighted by Crippen LogP contribution is 2.44. The Labute approximate surface area is 81.3 Å². The van der Waals surface area contributed by atoms with E-state index in [9.17, 15) is 8.42 Å². The van der Waals surface area contributed by atoms with Gasteiger partial charge in [-0.25, -0.2) is 13.6 Å². The van der Waals surface area contributed by atoms with Crippen LogP contribution in [0.3, 0.4) is 0 Å². The molecule has 0 spiro atoms. The van der Waals surface area contributed by atoms with Crippen LogP contribution in [-0.2, 0) is 10.0 Å². The first-order valence-corrected chi connectivity index (χ1v) is 6.44. The van der Waals surface area contributed by atoms with Gasteiger partial charge in [0, 0.05) is 18.7 Å². The molecule has 1 fully saturated rings. The summed E-state index contributed by atoms with van der Waals surface area (Å²) in [6.45, 7) is 0.699. The van der Waals surface area contributed by atoms with Crippen molar-refractivity contribution in [2.24, 2.45) is 16.0 Å². The van der Waals surface area contributed by atoms with Crippen LogP contribution >= 0.6 is 11.8 Å². The molecule has 2 aliphatic heterocycles. The number of hydrogen-bond acceptors (Lipinski definition) is 4. The number of nitrogens with two attached hydrogens (primary N) is 1. The molecule has 72 valence electrons. The van der Waals surface area contributed by atoms with Gasteiger partial charge in [0.1, 0.15) is 4.58 Å². The number of rotatable bonds is 1. The molecule has 0 bridgehead atoms. The number of aliphatic imine (C=N–C) groups is 1. The Morgan fingerprint density at radius 2 is 2.38 bits per heavy atom. The number of primary sulfonamides is 1. The van der Waals surface area contributed by atoms with E-state index in [0.29, 0.717) is 13.0 Å². The van der Waals surface area contributed by atoms with Crippen molar-refractivity contribution in [1.29, 1.82) is 0 Å². The van der Waals surface area contributed by atoms with Crippen molar-refractivity contribution < 1.29 is 8.42 Å². The van der Waals surface area contributed by atoms with E-state index in [1.807, 2.05) is 6.08 Å². The van der Waals surface area contributed by atoms with Crippen LogP contribution in [0.1, 0.15) is 6.42 Å². The number of fused-ring (bicyclic) bond motifs is 1. The minimum absolute atomic E-state index is 0.276. The number of thioether (sulfide) groups is 1. The van der Waals surface area contributed by atoms with Gasteiger partial charge in [0.15, 0.2) is 0 Å². The molecule has 2 N–H and O–H groups in total. The summed E-state index contributed by atoms with van der Waals surface area (Å²) in [6, 6.07) is 0. The molecule has 4 nitrogen and oxygen atoms in total. The van der Waals surface area contributed by atoms with Crippen molar-refractivity contribution in [3.63, 3.8) is 0 Å². The van der Waals surface area contributed by atoms with E-state index in [4.69, 9.17) is 5.14 Å². The fourth-order valence-electron chi connectivity index (χ4n) is 1.50. The Hall–Kier alpha value is -0.330. The molecule has 2 unspecified atom stereocenters. The van der Waals surface area contributed by atoms with E-state index < -0.39 is 14.6 Å². The standard InChI is InChI=1S/C7H10N2O2S2/c8-13(10,11)7-3-5-4-9-2-1-6(5)12-7/h1-2,5,7H,3-4H2,(H2,8,10,11). The van der Waals surface area contributed by atoms with Gasteiger partial charge in [-0.2, -0.15) is 0 Å². The largest absolute Gasteiger partial charge is 0.292 e. The second-order valence-electron chi connectivity index (χ2n) is 3.15. The van der Waals surface area contributed by atoms with Crippen LogP contribution in [0, 0.1) is 5.92 Å². The molecule has 0 aromatic rings. The fourth-order valence-corrected chi connectivity index (χ4v) is 4.01. The van der Waals surface area contributed by atoms with Gasteiger partial charge >= 0.3 is 0 Å². The third kappa shape index (κ3) is 1.79. The molecule has 2 atom stereocenters. The minimum Gasteiger partial charge on any atom is -0.292 e. The zero-order valence-corrected chi connectivity index (χ0v) is 8.51. The van der Waals surface area contributed by atoms with Crippen LogP contribution in [0.2, 0.25) is 0 Å². The van der Waals surface area contributed by atoms with Crippen molar-refractivity contribution in [1.82, 2.24) is 0 Å². The Kier molecular flexibility index (Phi) is 2.21. The summed E-state index contributed by atoms with van der Waals surface area (Å²) in [5.41, 5.74) is 0. The highest BCUT2D eigenvalue weighted by atomic mass is 32.3. The van der Waals surface area contributed by atoms with E-state index in [1.54, 1.807) is 6.21 Å². The normalized spacial score (nSPS) is 32.8. The van der Waals surface area contributed by atoms with Crippen LogP contribution in [0.5, 0.6) is 0 Å². The van der Waals surface area contributed by atoms with Crippen LogP contribution < -0.4 is 5.14 Å². The average molecular weight is 218 g/mol. The molecule has 2 rings (SSSR count). The number of dihydropyridines is 1. The SMILES string of the molecule is NS(=O)(=O)C1CC2CN=CC=C2S1. The molecule has 13 heavy (non-hydrogen) atoms. The lowest BCUT2D eigenvalue weighted by molar-refractivity contribution is 0.577. The molecule has 2 aliphatic rings. The van der Waals surface area contributed by atoms with Gasteiger partial charge in [-0.05, 0) is 17.4 Å². The summed E-state index contributed by atoms with van der Waals surface area (Å²) in [4.78, 5) is 5.19. The first-order valence-electron chi connectivity index (χ1n) is 3.95. The van der Waals surface area contributed by atoms with Crippen LogP contribution in [0.4, 0.5) is 0 Å². The highest BCUT2D eigenvalue weighted by molar-refractivity contribution is 8.15. The van der Waals surface area contributed by atoms with Gasteiger partial charge in [0.05, 0.1) is 0 Å². The van der Waals surface area contributed by atoms with E-state index in [-0.39, 0.29) is 5.92 Å². The summed E-state index contributed by atoms with van der Waals surface area (Å²) in [5, 5.41) is 5.08. The first-order chi connectivity index (χ1) is 6.07. The third-order valence-corrected chi connectivity index (χ3v) is 5.40. The summed E-state index contributed by atoms with van der Waals surface area (Å²) < 4.78 is 21.7. The Morgan fingerprint density at radius 3 is 3.00 bits per heavy atom. The number of hydrogen-bond donors (Lipinski definition) is 1. The maximum absolute atomic E-state index is 11.1. The maximum Gasteiger partial charge on any atom is 0.221 e. The van der Waals surface area contributed by atoms with Crippen molar-refractivity contribution in [3.8, 4) is 0 Å². The van der Waals surface area contributed by atoms with Gasteiger partial charge < -0.3 is 0 Å². The lowest BCUT2D eigenvalue weighted by atomic mass is 10.1. The lowest BCUT2D eigenvalue weighted by Gasteiger charge is -2.09. The van der Waals surface area contributed by atoms with Gasteiger partial charge in [-0.15, -0.1) is 11.8 Å². The van der Waals surface area contributed by atoms with Crippen molar-refractivity contribution >= 4 is 28.0 Å². The van der Waals surface area contributed by atoms with E-state index in [1.165, 1.54) is 11.8 Å². The van der Waals surface area contributed by atoms with Crippen LogP contribution in [0.15, 0.2) is 16.0 Å². The van der Waals surface area contributed by atoms with Gasteiger partial charge in [0.2, 0.25) is 10.0 Å². The minimum atomic E-state index is -3.39. The summed E-state index contributed by atoms with van der Waals surface area (Å²) in [5.74, 6) is 0.276. The summed E-state index contributed by atoms with van der Waals surface area (Å²) >= 11 is 1.36. The molecular weight excluding hydrogens is 208 g/mol. The first kappa shape index (κ1) is 9.23. The summed E-state index contributed by atoms with van der Waals surface area (Å²) in [6.07, 6.45) is 4.21. The molecule has 2 heterocycles. The molecule has 0 aliphatic carbocycles. The molecule has 0 aromatic heterocycles. The molecule has 6 heteroatoms. The lowest BCUT2D eigenvalue weighted by Crippen LogP contribution is -2.24. The quantitative estimate of drug-likeness (QED) is 0.689. The predicted octanol–water partition coefficient (Wildman–Crippen LogP) is 0.322. The Balaban J connectivity index is 2.20. The Morgan fingerprint density at radius 1 is 1.62 bits per heavy atom. The summed E-state index contributed by atoms with van der Waals surface area (Å²) in [7, 11) is -3.39. The molecule has 0 aromatic carbocycles. The van der Waals surface area contributed by atoms with E-state index in [0.717, 1.165) is 4.91 Å². The van der Waals surface area contributed by atoms with Crippen LogP contribution in [0.25, 0.3) is 0 Å². The third-order valence-electron chi connectivity index (χ3n) is 2.18. The van der Waals surface area contributed by atoms with Gasteiger partial charge in [-0.3, -0.25) is 4.99 Å². The van der Waals surface area contributed by atoms with Crippen molar-refractivity contribution in [3.05, 3.63) is 11.0 Å². The number of nitrogens with zero attached hydrogens (tertiary/aromatic N) is 1. The van der Waals surface area contributed by atoms with Gasteiger partial charge in [-0.1, -0.05) is 0 Å². The fraction of sp³-hybridized carbons (Fsp3) is 0.571. The maximum atomic E-state index is 11.1. The van der Waals surface area contributed by atoms with E-state index >= 15 is 0 Å². The predicted molar refractivity (Wildman–Crippen MR) is 54.0 cm³/mol. The second kappa shape index (κ2) is 3.11. The number of sulfonamides is 1. The molecular formula is C7H10N2O2S2.